The van der Waals surface area contributed by atoms with E-state index in [9.17, 15) is 4.39 Å². The smallest absolute Gasteiger partial charge is 0.226 e. The van der Waals surface area contributed by atoms with Crippen LogP contribution in [0.25, 0.3) is 0 Å². The van der Waals surface area contributed by atoms with Crippen LogP contribution in [0.15, 0.2) is 6.07 Å². The van der Waals surface area contributed by atoms with E-state index in [1.54, 1.807) is 0 Å². The molecule has 5 heteroatoms. The molecular weight excluding hydrogens is 245 g/mol. The van der Waals surface area contributed by atoms with Crippen LogP contribution in [0.2, 0.25) is 0 Å². The Balaban J connectivity index is 1.93. The number of nitrogens with zero attached hydrogens (tertiary/aromatic N) is 3. The van der Waals surface area contributed by atoms with Crippen LogP contribution in [0, 0.1) is 13.8 Å². The van der Waals surface area contributed by atoms with Crippen molar-refractivity contribution in [3.05, 3.63) is 17.5 Å². The lowest BCUT2D eigenvalue weighted by Gasteiger charge is -2.41. The molecule has 4 nitrogen and oxygen atoms in total. The number of alkyl halides is 1. The third-order valence-electron chi connectivity index (χ3n) is 4.01. The van der Waals surface area contributed by atoms with Crippen molar-refractivity contribution < 1.29 is 9.13 Å². The number of aromatic nitrogens is 2. The first-order valence-corrected chi connectivity index (χ1v) is 6.97. The van der Waals surface area contributed by atoms with E-state index in [0.29, 0.717) is 18.6 Å². The molecule has 0 bridgehead atoms. The van der Waals surface area contributed by atoms with Crippen LogP contribution in [0.5, 0.6) is 0 Å². The van der Waals surface area contributed by atoms with Gasteiger partial charge in [0.15, 0.2) is 0 Å². The first-order chi connectivity index (χ1) is 9.15. The van der Waals surface area contributed by atoms with Crippen LogP contribution in [0.4, 0.5) is 10.3 Å². The predicted molar refractivity (Wildman–Crippen MR) is 71.1 cm³/mol. The van der Waals surface area contributed by atoms with E-state index in [4.69, 9.17) is 4.74 Å². The molecule has 3 rings (SSSR count). The van der Waals surface area contributed by atoms with Crippen LogP contribution < -0.4 is 4.90 Å². The highest BCUT2D eigenvalue weighted by molar-refractivity contribution is 5.37. The highest BCUT2D eigenvalue weighted by Gasteiger charge is 2.40. The molecule has 1 aromatic heterocycles. The fourth-order valence-electron chi connectivity index (χ4n) is 2.84. The summed E-state index contributed by atoms with van der Waals surface area (Å²) in [5.41, 5.74) is 1.86. The van der Waals surface area contributed by atoms with Gasteiger partial charge >= 0.3 is 0 Å². The van der Waals surface area contributed by atoms with Crippen molar-refractivity contribution in [2.75, 3.05) is 18.1 Å². The number of halogens is 1. The Morgan fingerprint density at radius 2 is 1.89 bits per heavy atom. The summed E-state index contributed by atoms with van der Waals surface area (Å²) >= 11 is 0. The van der Waals surface area contributed by atoms with Gasteiger partial charge in [-0.25, -0.2) is 14.4 Å². The fourth-order valence-corrected chi connectivity index (χ4v) is 2.84. The summed E-state index contributed by atoms with van der Waals surface area (Å²) in [6, 6.07) is 2.08. The van der Waals surface area contributed by atoms with Crippen LogP contribution in [-0.4, -0.2) is 41.4 Å². The minimum Gasteiger partial charge on any atom is -0.376 e. The van der Waals surface area contributed by atoms with Crippen LogP contribution >= 0.6 is 0 Å². The first kappa shape index (κ1) is 12.8. The molecule has 1 aromatic rings. The van der Waals surface area contributed by atoms with E-state index >= 15 is 0 Å². The number of hydrogen-bond donors (Lipinski definition) is 0. The van der Waals surface area contributed by atoms with Gasteiger partial charge in [-0.2, -0.15) is 0 Å². The molecule has 2 atom stereocenters. The summed E-state index contributed by atoms with van der Waals surface area (Å²) in [7, 11) is 0. The summed E-state index contributed by atoms with van der Waals surface area (Å²) in [6.07, 6.45) is 2.46. The third-order valence-corrected chi connectivity index (χ3v) is 4.01. The van der Waals surface area contributed by atoms with Gasteiger partial charge in [0.2, 0.25) is 5.95 Å². The standard InChI is InChI=1S/C14H20FN3O/c1-9-6-10(2)17-14(16-9)18(11-4-3-5-11)13-8-19-7-12(13)15/h6,11-13H,3-5,7-8H2,1-2H3/t12-,13-/m1/s1. The van der Waals surface area contributed by atoms with E-state index < -0.39 is 6.17 Å². The number of anilines is 1. The van der Waals surface area contributed by atoms with Crippen molar-refractivity contribution in [1.29, 1.82) is 0 Å². The molecule has 0 radical (unpaired) electrons. The van der Waals surface area contributed by atoms with Gasteiger partial charge in [-0.3, -0.25) is 0 Å². The van der Waals surface area contributed by atoms with Crippen LogP contribution in [0.3, 0.4) is 0 Å². The van der Waals surface area contributed by atoms with Crippen molar-refractivity contribution in [2.24, 2.45) is 0 Å². The molecule has 0 aromatic carbocycles. The van der Waals surface area contributed by atoms with E-state index in [1.807, 2.05) is 19.9 Å². The molecule has 2 aliphatic rings. The topological polar surface area (TPSA) is 38.2 Å². The maximum Gasteiger partial charge on any atom is 0.226 e. The lowest BCUT2D eigenvalue weighted by Crippen LogP contribution is -2.51. The van der Waals surface area contributed by atoms with E-state index in [0.717, 1.165) is 24.2 Å². The van der Waals surface area contributed by atoms with E-state index in [1.165, 1.54) is 6.42 Å². The molecule has 0 spiro atoms. The third kappa shape index (κ3) is 2.43. The molecule has 1 aliphatic carbocycles. The largest absolute Gasteiger partial charge is 0.376 e. The van der Waals surface area contributed by atoms with Gasteiger partial charge in [0.25, 0.3) is 0 Å². The summed E-state index contributed by atoms with van der Waals surface area (Å²) in [6.45, 7) is 4.54. The quantitative estimate of drug-likeness (QED) is 0.839. The van der Waals surface area contributed by atoms with Gasteiger partial charge in [0.05, 0.1) is 19.3 Å². The maximum absolute atomic E-state index is 14.0. The molecule has 2 fully saturated rings. The van der Waals surface area contributed by atoms with Crippen molar-refractivity contribution in [1.82, 2.24) is 9.97 Å². The molecule has 2 heterocycles. The molecule has 1 saturated heterocycles. The zero-order valence-electron chi connectivity index (χ0n) is 11.5. The average Bonchev–Trinajstić information content (AvgIpc) is 2.68. The van der Waals surface area contributed by atoms with Crippen molar-refractivity contribution in [3.8, 4) is 0 Å². The average molecular weight is 265 g/mol. The Hall–Kier alpha value is -1.23. The van der Waals surface area contributed by atoms with Gasteiger partial charge in [-0.05, 0) is 39.2 Å². The summed E-state index contributed by atoms with van der Waals surface area (Å²) < 4.78 is 19.3. The number of ether oxygens (including phenoxy) is 1. The van der Waals surface area contributed by atoms with Gasteiger partial charge in [-0.15, -0.1) is 0 Å². The fraction of sp³-hybridized carbons (Fsp3) is 0.714. The Morgan fingerprint density at radius 3 is 2.37 bits per heavy atom. The molecule has 0 unspecified atom stereocenters. The monoisotopic (exact) mass is 265 g/mol. The minimum atomic E-state index is -0.940. The second-order valence-electron chi connectivity index (χ2n) is 5.56. The summed E-state index contributed by atoms with van der Waals surface area (Å²) in [4.78, 5) is 11.1. The molecule has 1 saturated carbocycles. The van der Waals surface area contributed by atoms with Gasteiger partial charge in [0, 0.05) is 17.4 Å². The van der Waals surface area contributed by atoms with Crippen molar-refractivity contribution >= 4 is 5.95 Å². The Morgan fingerprint density at radius 1 is 1.21 bits per heavy atom. The lowest BCUT2D eigenvalue weighted by molar-refractivity contribution is 0.172. The highest BCUT2D eigenvalue weighted by Crippen LogP contribution is 2.32. The number of rotatable bonds is 3. The first-order valence-electron chi connectivity index (χ1n) is 6.97. The van der Waals surface area contributed by atoms with Crippen molar-refractivity contribution in [2.45, 2.75) is 51.4 Å². The minimum absolute atomic E-state index is 0.193. The van der Waals surface area contributed by atoms with Crippen molar-refractivity contribution in [3.63, 3.8) is 0 Å². The Bertz CT molecular complexity index is 444. The molecule has 0 N–H and O–H groups in total. The molecule has 104 valence electrons. The second kappa shape index (κ2) is 5.04. The van der Waals surface area contributed by atoms with E-state index in [-0.39, 0.29) is 12.6 Å². The zero-order chi connectivity index (χ0) is 13.4. The van der Waals surface area contributed by atoms with Crippen LogP contribution in [0.1, 0.15) is 30.7 Å². The molecule has 19 heavy (non-hydrogen) atoms. The van der Waals surface area contributed by atoms with Gasteiger partial charge in [0.1, 0.15) is 6.17 Å². The summed E-state index contributed by atoms with van der Waals surface area (Å²) in [5, 5.41) is 0. The number of aryl methyl sites for hydroxylation is 2. The Labute approximate surface area is 113 Å². The predicted octanol–water partition coefficient (Wildman–Crippen LogP) is 2.19. The normalized spacial score (nSPS) is 27.3. The van der Waals surface area contributed by atoms with Gasteiger partial charge < -0.3 is 9.64 Å². The Kier molecular flexibility index (Phi) is 3.39. The number of hydrogen-bond acceptors (Lipinski definition) is 4. The summed E-state index contributed by atoms with van der Waals surface area (Å²) in [5.74, 6) is 0.667. The van der Waals surface area contributed by atoms with Gasteiger partial charge in [-0.1, -0.05) is 0 Å². The molecular formula is C14H20FN3O. The molecule has 0 amide bonds. The SMILES string of the molecule is Cc1cc(C)nc(N(C2CCC2)[C@@H]2COC[C@H]2F)n1. The molecule has 1 aliphatic heterocycles. The maximum atomic E-state index is 14.0. The zero-order valence-corrected chi connectivity index (χ0v) is 11.5. The second-order valence-corrected chi connectivity index (χ2v) is 5.56. The van der Waals surface area contributed by atoms with Crippen LogP contribution in [-0.2, 0) is 4.74 Å². The lowest BCUT2D eigenvalue weighted by atomic mass is 9.90. The highest BCUT2D eigenvalue weighted by atomic mass is 19.1. The van der Waals surface area contributed by atoms with E-state index in [2.05, 4.69) is 14.9 Å².